The molecule has 0 fully saturated rings. The van der Waals surface area contributed by atoms with Crippen LogP contribution >= 0.6 is 0 Å². The highest BCUT2D eigenvalue weighted by atomic mass is 16.5. The second kappa shape index (κ2) is 11.9. The van der Waals surface area contributed by atoms with Gasteiger partial charge in [0.15, 0.2) is 0 Å². The zero-order chi connectivity index (χ0) is 39.1. The first kappa shape index (κ1) is 32.3. The molecule has 6 heteroatoms. The van der Waals surface area contributed by atoms with E-state index in [9.17, 15) is 0 Å². The number of anilines is 6. The van der Waals surface area contributed by atoms with Crippen molar-refractivity contribution in [3.8, 4) is 23.0 Å². The van der Waals surface area contributed by atoms with E-state index >= 15 is 0 Å². The third-order valence-electron chi connectivity index (χ3n) is 13.3. The number of fused-ring (bicyclic) bond motifs is 14. The number of hydrogen-bond donors (Lipinski definition) is 0. The van der Waals surface area contributed by atoms with E-state index in [0.29, 0.717) is 0 Å². The summed E-state index contributed by atoms with van der Waals surface area (Å²) in [7, 11) is 0. The summed E-state index contributed by atoms with van der Waals surface area (Å²) < 4.78 is 14.1. The Balaban J connectivity index is 1.01. The van der Waals surface area contributed by atoms with Crippen LogP contribution in [0.4, 0.5) is 34.1 Å². The van der Waals surface area contributed by atoms with Crippen LogP contribution in [0.2, 0.25) is 0 Å². The highest BCUT2D eigenvalue weighted by Gasteiger charge is 2.44. The summed E-state index contributed by atoms with van der Waals surface area (Å²) in [5.74, 6) is 3.59. The molecule has 0 aliphatic carbocycles. The molecular formula is C54H32B2N2O2. The predicted molar refractivity (Wildman–Crippen MR) is 251 cm³/mol. The average molecular weight is 762 g/mol. The van der Waals surface area contributed by atoms with E-state index < -0.39 is 0 Å². The molecule has 4 nitrogen and oxygen atoms in total. The quantitative estimate of drug-likeness (QED) is 0.129. The summed E-state index contributed by atoms with van der Waals surface area (Å²) >= 11 is 0. The zero-order valence-corrected chi connectivity index (χ0v) is 32.3. The molecule has 0 N–H and O–H groups in total. The molecule has 10 aromatic carbocycles. The van der Waals surface area contributed by atoms with E-state index in [1.54, 1.807) is 0 Å². The van der Waals surface area contributed by atoms with E-state index in [1.165, 1.54) is 65.7 Å². The Morgan fingerprint density at radius 1 is 0.283 bits per heavy atom. The van der Waals surface area contributed by atoms with Crippen LogP contribution in [0.25, 0.3) is 32.3 Å². The molecule has 0 aromatic heterocycles. The summed E-state index contributed by atoms with van der Waals surface area (Å²) in [6.45, 7) is 0.0173. The van der Waals surface area contributed by atoms with Crippen molar-refractivity contribution in [2.75, 3.05) is 9.80 Å². The normalized spacial score (nSPS) is 13.8. The molecule has 0 saturated heterocycles. The molecule has 4 heterocycles. The third kappa shape index (κ3) is 4.27. The fourth-order valence-corrected chi connectivity index (χ4v) is 10.9. The Bertz CT molecular complexity index is 3250. The van der Waals surface area contributed by atoms with Gasteiger partial charge in [0.2, 0.25) is 0 Å². The van der Waals surface area contributed by atoms with Crippen LogP contribution in [0.15, 0.2) is 194 Å². The first-order chi connectivity index (χ1) is 29.8. The van der Waals surface area contributed by atoms with E-state index in [0.717, 1.165) is 56.5 Å². The van der Waals surface area contributed by atoms with Gasteiger partial charge in [0.05, 0.1) is 0 Å². The number of hydrogen-bond acceptors (Lipinski definition) is 4. The number of ether oxygens (including phenoxy) is 2. The molecule has 0 radical (unpaired) electrons. The molecule has 4 aliphatic heterocycles. The van der Waals surface area contributed by atoms with Gasteiger partial charge in [-0.2, -0.15) is 0 Å². The summed E-state index contributed by atoms with van der Waals surface area (Å²) in [5.41, 5.74) is 14.3. The summed E-state index contributed by atoms with van der Waals surface area (Å²) in [6.07, 6.45) is 0. The van der Waals surface area contributed by atoms with Crippen molar-refractivity contribution in [1.29, 1.82) is 0 Å². The Hall–Kier alpha value is -7.69. The molecule has 276 valence electrons. The Kier molecular flexibility index (Phi) is 6.42. The number of rotatable bonds is 2. The van der Waals surface area contributed by atoms with Gasteiger partial charge in [-0.3, -0.25) is 0 Å². The maximum atomic E-state index is 7.03. The highest BCUT2D eigenvalue weighted by Crippen LogP contribution is 2.45. The van der Waals surface area contributed by atoms with Gasteiger partial charge in [-0.25, -0.2) is 0 Å². The molecule has 0 saturated carbocycles. The average Bonchev–Trinajstić information content (AvgIpc) is 3.31. The lowest BCUT2D eigenvalue weighted by Crippen LogP contribution is -2.59. The molecule has 0 spiro atoms. The second-order valence-electron chi connectivity index (χ2n) is 16.3. The first-order valence-corrected chi connectivity index (χ1v) is 20.7. The van der Waals surface area contributed by atoms with Crippen LogP contribution in [-0.2, 0) is 0 Å². The maximum absolute atomic E-state index is 7.03. The largest absolute Gasteiger partial charge is 0.458 e. The van der Waals surface area contributed by atoms with E-state index in [1.807, 2.05) is 0 Å². The summed E-state index contributed by atoms with van der Waals surface area (Å²) in [4.78, 5) is 4.77. The van der Waals surface area contributed by atoms with E-state index in [-0.39, 0.29) is 13.4 Å². The molecule has 10 aromatic rings. The smallest absolute Gasteiger partial charge is 0.256 e. The lowest BCUT2D eigenvalue weighted by Gasteiger charge is -2.40. The fraction of sp³-hybridized carbons (Fsp3) is 0. The lowest BCUT2D eigenvalue weighted by atomic mass is 9.34. The first-order valence-electron chi connectivity index (χ1n) is 20.7. The topological polar surface area (TPSA) is 24.9 Å². The summed E-state index contributed by atoms with van der Waals surface area (Å²) in [6, 6.07) is 70.4. The monoisotopic (exact) mass is 762 g/mol. The SMILES string of the molecule is c1ccc(N2c3ccccc3B3c4cc5c6ccccc6c6cc7c(cc6c5cc4Oc4cccc2c43)Oc2cccc3c2B7c2ccccc2N3c2ccccc2)cc1. The van der Waals surface area contributed by atoms with Crippen molar-refractivity contribution >= 4 is 113 Å². The fourth-order valence-electron chi connectivity index (χ4n) is 10.9. The minimum absolute atomic E-state index is 0.00866. The van der Waals surface area contributed by atoms with Gasteiger partial charge < -0.3 is 19.3 Å². The molecule has 14 rings (SSSR count). The maximum Gasteiger partial charge on any atom is 0.256 e. The van der Waals surface area contributed by atoms with Gasteiger partial charge in [0, 0.05) is 34.1 Å². The molecular weight excluding hydrogens is 730 g/mol. The molecule has 0 amide bonds. The minimum atomic E-state index is 0.00866. The van der Waals surface area contributed by atoms with Crippen LogP contribution in [0.5, 0.6) is 23.0 Å². The van der Waals surface area contributed by atoms with Crippen molar-refractivity contribution < 1.29 is 9.47 Å². The van der Waals surface area contributed by atoms with Gasteiger partial charge in [-0.15, -0.1) is 0 Å². The van der Waals surface area contributed by atoms with Crippen LogP contribution in [0.1, 0.15) is 0 Å². The third-order valence-corrected chi connectivity index (χ3v) is 13.3. The molecule has 0 bridgehead atoms. The molecule has 0 unspecified atom stereocenters. The van der Waals surface area contributed by atoms with Gasteiger partial charge in [0.25, 0.3) is 13.4 Å². The van der Waals surface area contributed by atoms with Gasteiger partial charge in [0.1, 0.15) is 23.0 Å². The van der Waals surface area contributed by atoms with Crippen LogP contribution in [0, 0.1) is 0 Å². The standard InChI is InChI=1S/C54H32B2N2O2/c1-3-15-33(16-4-1)57-45-23-11-9-21-41(45)55-43-29-37-35-19-7-8-20-36(35)38-30-44-52(32-40(38)39(37)31-51(43)59-49-27-13-25-47(57)53(49)55)60-50-28-14-26-48-54(50)56(44)42-22-10-12-24-46(42)58(48)34-17-5-2-6-18-34/h1-32H. The van der Waals surface area contributed by atoms with Gasteiger partial charge in [-0.05, 0) is 138 Å². The Labute approximate surface area is 347 Å². The van der Waals surface area contributed by atoms with Crippen LogP contribution in [-0.4, -0.2) is 13.4 Å². The molecule has 0 atom stereocenters. The second-order valence-corrected chi connectivity index (χ2v) is 16.3. The lowest BCUT2D eigenvalue weighted by molar-refractivity contribution is 0.487. The van der Waals surface area contributed by atoms with Crippen molar-refractivity contribution in [3.05, 3.63) is 194 Å². The van der Waals surface area contributed by atoms with E-state index in [4.69, 9.17) is 9.47 Å². The van der Waals surface area contributed by atoms with E-state index in [2.05, 4.69) is 204 Å². The summed E-state index contributed by atoms with van der Waals surface area (Å²) in [5, 5.41) is 7.20. The number of nitrogens with zero attached hydrogens (tertiary/aromatic N) is 2. The zero-order valence-electron chi connectivity index (χ0n) is 32.3. The van der Waals surface area contributed by atoms with Gasteiger partial charge in [-0.1, -0.05) is 121 Å². The minimum Gasteiger partial charge on any atom is -0.458 e. The Morgan fingerprint density at radius 2 is 0.667 bits per heavy atom. The number of para-hydroxylation sites is 4. The van der Waals surface area contributed by atoms with Crippen molar-refractivity contribution in [2.24, 2.45) is 0 Å². The number of benzene rings is 10. The molecule has 60 heavy (non-hydrogen) atoms. The Morgan fingerprint density at radius 3 is 1.13 bits per heavy atom. The van der Waals surface area contributed by atoms with Crippen molar-refractivity contribution in [3.63, 3.8) is 0 Å². The van der Waals surface area contributed by atoms with Crippen LogP contribution in [0.3, 0.4) is 0 Å². The highest BCUT2D eigenvalue weighted by molar-refractivity contribution is 7.00. The van der Waals surface area contributed by atoms with Crippen LogP contribution < -0.4 is 52.1 Å². The van der Waals surface area contributed by atoms with Crippen molar-refractivity contribution in [1.82, 2.24) is 0 Å². The van der Waals surface area contributed by atoms with Crippen molar-refractivity contribution in [2.45, 2.75) is 0 Å². The van der Waals surface area contributed by atoms with Gasteiger partial charge >= 0.3 is 0 Å². The molecule has 4 aliphatic rings. The predicted octanol–water partition coefficient (Wildman–Crippen LogP) is 9.96.